The van der Waals surface area contributed by atoms with Crippen LogP contribution in [0.5, 0.6) is 0 Å². The molecule has 0 spiro atoms. The number of para-hydroxylation sites is 1. The Balaban J connectivity index is 1.15. The van der Waals surface area contributed by atoms with E-state index < -0.39 is 0 Å². The van der Waals surface area contributed by atoms with Crippen LogP contribution in [0.3, 0.4) is 0 Å². The summed E-state index contributed by atoms with van der Waals surface area (Å²) in [5.41, 5.74) is 12.2. The zero-order valence-electron chi connectivity index (χ0n) is 28.1. The highest BCUT2D eigenvalue weighted by Crippen LogP contribution is 2.49. The predicted octanol–water partition coefficient (Wildman–Crippen LogP) is 13.1. The summed E-state index contributed by atoms with van der Waals surface area (Å²) in [6.07, 6.45) is 0. The number of thiophene rings is 1. The van der Waals surface area contributed by atoms with Gasteiger partial charge in [-0.3, -0.25) is 0 Å². The number of benzene rings is 7. The van der Waals surface area contributed by atoms with Gasteiger partial charge in [-0.05, 0) is 41.5 Å². The molecule has 52 heavy (non-hydrogen) atoms. The highest BCUT2D eigenvalue weighted by molar-refractivity contribution is 7.24. The molecule has 0 amide bonds. The van der Waals surface area contributed by atoms with Crippen LogP contribution in [0.4, 0.5) is 0 Å². The average Bonchev–Trinajstić information content (AvgIpc) is 3.78. The van der Waals surface area contributed by atoms with Gasteiger partial charge in [0, 0.05) is 53.7 Å². The fraction of sp³-hybridized carbons (Fsp3) is 0. The smallest absolute Gasteiger partial charge is 0.160 e. The Morgan fingerprint density at radius 3 is 1.60 bits per heavy atom. The summed E-state index contributed by atoms with van der Waals surface area (Å²) in [5, 5.41) is 3.83. The van der Waals surface area contributed by atoms with E-state index in [-0.39, 0.29) is 0 Å². The molecule has 0 N–H and O–H groups in total. The molecule has 0 aliphatic heterocycles. The molecule has 3 nitrogen and oxygen atoms in total. The van der Waals surface area contributed by atoms with Crippen LogP contribution >= 0.6 is 11.3 Å². The summed E-state index contributed by atoms with van der Waals surface area (Å²) in [6, 6.07) is 66.5. The van der Waals surface area contributed by atoms with Crippen molar-refractivity contribution >= 4 is 43.2 Å². The van der Waals surface area contributed by atoms with E-state index in [1.807, 2.05) is 35.6 Å². The summed E-state index contributed by atoms with van der Waals surface area (Å²) < 4.78 is 3.72. The topological polar surface area (TPSA) is 30.7 Å². The van der Waals surface area contributed by atoms with Crippen LogP contribution in [-0.2, 0) is 0 Å². The molecule has 0 aliphatic carbocycles. The van der Waals surface area contributed by atoms with E-state index in [2.05, 4.69) is 168 Å². The van der Waals surface area contributed by atoms with Crippen molar-refractivity contribution in [1.82, 2.24) is 14.5 Å². The molecule has 0 saturated heterocycles. The Morgan fingerprint density at radius 1 is 0.404 bits per heavy atom. The first-order chi connectivity index (χ1) is 25.8. The first kappa shape index (κ1) is 30.2. The highest BCUT2D eigenvalue weighted by atomic mass is 32.1. The van der Waals surface area contributed by atoms with Crippen molar-refractivity contribution in [1.29, 1.82) is 0 Å². The number of nitrogens with zero attached hydrogens (tertiary/aromatic N) is 3. The van der Waals surface area contributed by atoms with E-state index in [0.717, 1.165) is 33.8 Å². The molecule has 0 aliphatic rings. The second-order valence-corrected chi connectivity index (χ2v) is 14.0. The Bertz CT molecular complexity index is 2800. The Labute approximate surface area is 305 Å². The third-order valence-corrected chi connectivity index (χ3v) is 11.1. The minimum Gasteiger partial charge on any atom is -0.309 e. The molecule has 244 valence electrons. The molecular formula is C48H31N3S. The quantitative estimate of drug-likeness (QED) is 0.175. The standard InChI is InChI=1S/C48H31N3S/c1-5-15-32(16-6-1)40-31-41(50-48(49-40)36-21-11-4-12-22-36)33-25-27-37(28-26-33)51-42-24-14-13-23-38(42)45-43(51)30-29-39-44(34-17-7-2-8-18-34)46(52-47(39)45)35-19-9-3-10-20-35/h1-31H. The van der Waals surface area contributed by atoms with Gasteiger partial charge >= 0.3 is 0 Å². The van der Waals surface area contributed by atoms with E-state index in [4.69, 9.17) is 9.97 Å². The van der Waals surface area contributed by atoms with Crippen molar-refractivity contribution in [3.8, 4) is 61.2 Å². The third kappa shape index (κ3) is 5.12. The van der Waals surface area contributed by atoms with Crippen LogP contribution in [0.15, 0.2) is 188 Å². The predicted molar refractivity (Wildman–Crippen MR) is 219 cm³/mol. The Hall–Kier alpha value is -6.62. The molecule has 7 aromatic carbocycles. The average molecular weight is 682 g/mol. The molecule has 0 fully saturated rings. The molecule has 0 unspecified atom stereocenters. The van der Waals surface area contributed by atoms with Gasteiger partial charge < -0.3 is 4.57 Å². The van der Waals surface area contributed by atoms with Gasteiger partial charge in [-0.2, -0.15) is 0 Å². The number of fused-ring (bicyclic) bond motifs is 5. The largest absolute Gasteiger partial charge is 0.309 e. The van der Waals surface area contributed by atoms with Crippen molar-refractivity contribution in [3.05, 3.63) is 188 Å². The molecule has 4 heteroatoms. The van der Waals surface area contributed by atoms with Crippen molar-refractivity contribution in [2.45, 2.75) is 0 Å². The molecule has 3 heterocycles. The fourth-order valence-corrected chi connectivity index (χ4v) is 8.80. The second kappa shape index (κ2) is 12.6. The summed E-state index contributed by atoms with van der Waals surface area (Å²) >= 11 is 1.90. The number of hydrogen-bond acceptors (Lipinski definition) is 3. The van der Waals surface area contributed by atoms with E-state index in [0.29, 0.717) is 5.82 Å². The molecular weight excluding hydrogens is 651 g/mol. The van der Waals surface area contributed by atoms with Gasteiger partial charge in [-0.1, -0.05) is 158 Å². The summed E-state index contributed by atoms with van der Waals surface area (Å²) in [4.78, 5) is 11.3. The van der Waals surface area contributed by atoms with Crippen LogP contribution in [0.25, 0.3) is 93.0 Å². The van der Waals surface area contributed by atoms with Gasteiger partial charge in [-0.15, -0.1) is 11.3 Å². The molecule has 3 aromatic heterocycles. The van der Waals surface area contributed by atoms with E-state index in [9.17, 15) is 0 Å². The van der Waals surface area contributed by atoms with Crippen LogP contribution in [-0.4, -0.2) is 14.5 Å². The van der Waals surface area contributed by atoms with Crippen LogP contribution in [0.2, 0.25) is 0 Å². The molecule has 10 aromatic rings. The fourth-order valence-electron chi connectivity index (χ4n) is 7.42. The highest BCUT2D eigenvalue weighted by Gasteiger charge is 2.21. The molecule has 0 saturated carbocycles. The minimum absolute atomic E-state index is 0.716. The monoisotopic (exact) mass is 681 g/mol. The normalized spacial score (nSPS) is 11.5. The van der Waals surface area contributed by atoms with E-state index >= 15 is 0 Å². The number of rotatable bonds is 6. The van der Waals surface area contributed by atoms with Gasteiger partial charge in [0.15, 0.2) is 5.82 Å². The lowest BCUT2D eigenvalue weighted by Crippen LogP contribution is -1.97. The number of hydrogen-bond donors (Lipinski definition) is 0. The lowest BCUT2D eigenvalue weighted by atomic mass is 9.98. The van der Waals surface area contributed by atoms with Crippen LogP contribution in [0.1, 0.15) is 0 Å². The Morgan fingerprint density at radius 2 is 0.942 bits per heavy atom. The van der Waals surface area contributed by atoms with Crippen LogP contribution < -0.4 is 0 Å². The second-order valence-electron chi connectivity index (χ2n) is 13.0. The van der Waals surface area contributed by atoms with Crippen LogP contribution in [0, 0.1) is 0 Å². The maximum atomic E-state index is 5.07. The first-order valence-electron chi connectivity index (χ1n) is 17.5. The van der Waals surface area contributed by atoms with E-state index in [1.54, 1.807) is 0 Å². The van der Waals surface area contributed by atoms with Gasteiger partial charge in [0.25, 0.3) is 0 Å². The lowest BCUT2D eigenvalue weighted by Gasteiger charge is -2.11. The third-order valence-electron chi connectivity index (χ3n) is 9.84. The summed E-state index contributed by atoms with van der Waals surface area (Å²) in [5.74, 6) is 0.716. The van der Waals surface area contributed by atoms with Crippen molar-refractivity contribution in [2.24, 2.45) is 0 Å². The summed E-state index contributed by atoms with van der Waals surface area (Å²) in [6.45, 7) is 0. The van der Waals surface area contributed by atoms with Gasteiger partial charge in [0.2, 0.25) is 0 Å². The van der Waals surface area contributed by atoms with Gasteiger partial charge in [0.05, 0.1) is 22.4 Å². The van der Waals surface area contributed by atoms with Crippen molar-refractivity contribution in [3.63, 3.8) is 0 Å². The SMILES string of the molecule is c1ccc(-c2cc(-c3ccc(-n4c5ccccc5c5c6sc(-c7ccccc7)c(-c7ccccc7)c6ccc54)cc3)nc(-c3ccccc3)n2)cc1. The minimum atomic E-state index is 0.716. The summed E-state index contributed by atoms with van der Waals surface area (Å²) in [7, 11) is 0. The zero-order chi connectivity index (χ0) is 34.4. The lowest BCUT2D eigenvalue weighted by molar-refractivity contribution is 1.17. The molecule has 0 atom stereocenters. The van der Waals surface area contributed by atoms with Gasteiger partial charge in [-0.25, -0.2) is 9.97 Å². The maximum absolute atomic E-state index is 5.07. The first-order valence-corrected chi connectivity index (χ1v) is 18.3. The number of aromatic nitrogens is 3. The zero-order valence-corrected chi connectivity index (χ0v) is 29.0. The maximum Gasteiger partial charge on any atom is 0.160 e. The van der Waals surface area contributed by atoms with Crippen molar-refractivity contribution < 1.29 is 0 Å². The molecule has 0 radical (unpaired) electrons. The molecule has 10 rings (SSSR count). The Kier molecular flexibility index (Phi) is 7.33. The van der Waals surface area contributed by atoms with Crippen molar-refractivity contribution in [2.75, 3.05) is 0 Å². The van der Waals surface area contributed by atoms with E-state index in [1.165, 1.54) is 53.5 Å². The van der Waals surface area contributed by atoms with Gasteiger partial charge in [0.1, 0.15) is 0 Å². The molecule has 0 bridgehead atoms.